The molecule has 1 heterocycles. The van der Waals surface area contributed by atoms with Crippen LogP contribution in [0.1, 0.15) is 28.9 Å². The third kappa shape index (κ3) is 2.82. The van der Waals surface area contributed by atoms with Crippen molar-refractivity contribution in [3.8, 4) is 0 Å². The minimum atomic E-state index is -0.586. The smallest absolute Gasteiger partial charge is 0.254 e. The average Bonchev–Trinajstić information content (AvgIpc) is 3.02. The summed E-state index contributed by atoms with van der Waals surface area (Å²) in [5.74, 6) is -1.31. The number of nitrogens with zero attached hydrogens (tertiary/aromatic N) is 1. The van der Waals surface area contributed by atoms with Crippen LogP contribution in [0.15, 0.2) is 48.7 Å². The van der Waals surface area contributed by atoms with Gasteiger partial charge in [0.15, 0.2) is 0 Å². The second-order valence-electron chi connectivity index (χ2n) is 5.54. The lowest BCUT2D eigenvalue weighted by Gasteiger charge is -2.26. The Morgan fingerprint density at radius 2 is 1.91 bits per heavy atom. The van der Waals surface area contributed by atoms with Gasteiger partial charge in [0.25, 0.3) is 5.91 Å². The van der Waals surface area contributed by atoms with Gasteiger partial charge in [0.05, 0.1) is 6.04 Å². The number of carbonyl (C=O) groups excluding carboxylic acids is 1. The van der Waals surface area contributed by atoms with Gasteiger partial charge < -0.3 is 9.88 Å². The average molecular weight is 314 g/mol. The summed E-state index contributed by atoms with van der Waals surface area (Å²) in [6.07, 6.45) is 1.80. The Morgan fingerprint density at radius 3 is 2.70 bits per heavy atom. The van der Waals surface area contributed by atoms with E-state index in [9.17, 15) is 13.6 Å². The van der Waals surface area contributed by atoms with E-state index in [1.807, 2.05) is 12.1 Å². The molecule has 0 saturated heterocycles. The summed E-state index contributed by atoms with van der Waals surface area (Å²) in [5.41, 5.74) is 1.50. The number of halogens is 2. The van der Waals surface area contributed by atoms with Crippen molar-refractivity contribution >= 4 is 16.8 Å². The van der Waals surface area contributed by atoms with Crippen molar-refractivity contribution in [3.63, 3.8) is 0 Å². The number of benzene rings is 2. The summed E-state index contributed by atoms with van der Waals surface area (Å²) in [4.78, 5) is 17.1. The van der Waals surface area contributed by atoms with Crippen molar-refractivity contribution < 1.29 is 13.6 Å². The zero-order valence-electron chi connectivity index (χ0n) is 12.8. The van der Waals surface area contributed by atoms with Crippen LogP contribution in [0.4, 0.5) is 8.78 Å². The molecule has 0 unspecified atom stereocenters. The van der Waals surface area contributed by atoms with Gasteiger partial charge in [-0.3, -0.25) is 4.79 Å². The number of nitrogens with one attached hydrogen (secondary N) is 1. The number of carbonyl (C=O) groups is 1. The first-order valence-corrected chi connectivity index (χ1v) is 7.26. The fourth-order valence-electron chi connectivity index (χ4n) is 2.60. The molecule has 0 fully saturated rings. The van der Waals surface area contributed by atoms with Crippen molar-refractivity contribution in [1.29, 1.82) is 0 Å². The largest absolute Gasteiger partial charge is 0.361 e. The molecule has 3 nitrogen and oxygen atoms in total. The molecule has 0 bridgehead atoms. The Balaban J connectivity index is 1.90. The molecule has 1 N–H and O–H groups in total. The predicted molar refractivity (Wildman–Crippen MR) is 85.2 cm³/mol. The summed E-state index contributed by atoms with van der Waals surface area (Å²) in [5, 5.41) is 1.01. The van der Waals surface area contributed by atoms with Crippen molar-refractivity contribution in [3.05, 3.63) is 71.4 Å². The molecular weight excluding hydrogens is 298 g/mol. The molecule has 0 saturated carbocycles. The van der Waals surface area contributed by atoms with Crippen LogP contribution < -0.4 is 0 Å². The van der Waals surface area contributed by atoms with Gasteiger partial charge in [0.1, 0.15) is 11.6 Å². The standard InChI is InChI=1S/C18H16F2N2O/c1-11(15-10-14(19)5-6-16(15)20)22(2)18(23)13-4-3-12-7-8-21-17(12)9-13/h3-11,21H,1-2H3/t11-/m1/s1. The molecule has 1 aromatic heterocycles. The molecule has 2 aromatic carbocycles. The molecule has 0 spiro atoms. The van der Waals surface area contributed by atoms with Crippen LogP contribution in [0.5, 0.6) is 0 Å². The fourth-order valence-corrected chi connectivity index (χ4v) is 2.60. The van der Waals surface area contributed by atoms with Crippen LogP contribution in [0.25, 0.3) is 10.9 Å². The van der Waals surface area contributed by atoms with Crippen molar-refractivity contribution in [2.45, 2.75) is 13.0 Å². The first-order valence-electron chi connectivity index (χ1n) is 7.26. The molecule has 1 amide bonds. The zero-order chi connectivity index (χ0) is 16.6. The molecule has 3 rings (SSSR count). The minimum Gasteiger partial charge on any atom is -0.361 e. The lowest BCUT2D eigenvalue weighted by molar-refractivity contribution is 0.0740. The van der Waals surface area contributed by atoms with E-state index < -0.39 is 17.7 Å². The van der Waals surface area contributed by atoms with Crippen LogP contribution in [0, 0.1) is 11.6 Å². The van der Waals surface area contributed by atoms with Gasteiger partial charge in [0.2, 0.25) is 0 Å². The molecule has 0 radical (unpaired) electrons. The maximum Gasteiger partial charge on any atom is 0.254 e. The monoisotopic (exact) mass is 314 g/mol. The van der Waals surface area contributed by atoms with Gasteiger partial charge in [0, 0.05) is 29.9 Å². The van der Waals surface area contributed by atoms with Crippen LogP contribution in [-0.2, 0) is 0 Å². The number of hydrogen-bond acceptors (Lipinski definition) is 1. The molecule has 1 atom stereocenters. The molecule has 118 valence electrons. The van der Waals surface area contributed by atoms with Gasteiger partial charge in [-0.1, -0.05) is 6.07 Å². The lowest BCUT2D eigenvalue weighted by atomic mass is 10.0. The first kappa shape index (κ1) is 15.2. The second kappa shape index (κ2) is 5.83. The lowest BCUT2D eigenvalue weighted by Crippen LogP contribution is -2.30. The highest BCUT2D eigenvalue weighted by Gasteiger charge is 2.22. The van der Waals surface area contributed by atoms with E-state index in [-0.39, 0.29) is 11.5 Å². The van der Waals surface area contributed by atoms with Crippen molar-refractivity contribution in [2.24, 2.45) is 0 Å². The maximum absolute atomic E-state index is 13.9. The predicted octanol–water partition coefficient (Wildman–Crippen LogP) is 4.28. The number of rotatable bonds is 3. The summed E-state index contributed by atoms with van der Waals surface area (Å²) >= 11 is 0. The van der Waals surface area contributed by atoms with Gasteiger partial charge in [-0.05, 0) is 48.7 Å². The minimum absolute atomic E-state index is 0.154. The summed E-state index contributed by atoms with van der Waals surface area (Å²) < 4.78 is 27.3. The SMILES string of the molecule is C[C@H](c1cc(F)ccc1F)N(C)C(=O)c1ccc2cc[nH]c2c1. The number of aromatic nitrogens is 1. The highest BCUT2D eigenvalue weighted by molar-refractivity contribution is 5.98. The van der Waals surface area contributed by atoms with Crippen LogP contribution in [0.2, 0.25) is 0 Å². The number of H-pyrrole nitrogens is 1. The molecular formula is C18H16F2N2O. The van der Waals surface area contributed by atoms with Gasteiger partial charge in [-0.15, -0.1) is 0 Å². The number of amides is 1. The number of aromatic amines is 1. The Kier molecular flexibility index (Phi) is 3.86. The van der Waals surface area contributed by atoms with Crippen molar-refractivity contribution in [2.75, 3.05) is 7.05 Å². The maximum atomic E-state index is 13.9. The van der Waals surface area contributed by atoms with E-state index in [0.29, 0.717) is 5.56 Å². The molecule has 0 aliphatic carbocycles. The van der Waals surface area contributed by atoms with E-state index in [4.69, 9.17) is 0 Å². The molecule has 5 heteroatoms. The molecule has 23 heavy (non-hydrogen) atoms. The zero-order valence-corrected chi connectivity index (χ0v) is 12.8. The fraction of sp³-hybridized carbons (Fsp3) is 0.167. The van der Waals surface area contributed by atoms with Crippen molar-refractivity contribution in [1.82, 2.24) is 9.88 Å². The highest BCUT2D eigenvalue weighted by atomic mass is 19.1. The van der Waals surface area contributed by atoms with E-state index >= 15 is 0 Å². The Bertz CT molecular complexity index is 872. The van der Waals surface area contributed by atoms with E-state index in [2.05, 4.69) is 4.98 Å². The Morgan fingerprint density at radius 1 is 1.13 bits per heavy atom. The normalized spacial score (nSPS) is 12.3. The molecule has 0 aliphatic heterocycles. The second-order valence-corrected chi connectivity index (χ2v) is 5.54. The van der Waals surface area contributed by atoms with Gasteiger partial charge in [-0.25, -0.2) is 8.78 Å². The molecule has 0 aliphatic rings. The summed E-state index contributed by atoms with van der Waals surface area (Å²) in [6.45, 7) is 1.67. The van der Waals surface area contributed by atoms with Crippen LogP contribution >= 0.6 is 0 Å². The van der Waals surface area contributed by atoms with Crippen LogP contribution in [0.3, 0.4) is 0 Å². The van der Waals surface area contributed by atoms with Crippen LogP contribution in [-0.4, -0.2) is 22.8 Å². The third-order valence-electron chi connectivity index (χ3n) is 4.11. The quantitative estimate of drug-likeness (QED) is 0.769. The highest BCUT2D eigenvalue weighted by Crippen LogP contribution is 2.25. The van der Waals surface area contributed by atoms with Gasteiger partial charge >= 0.3 is 0 Å². The summed E-state index contributed by atoms with van der Waals surface area (Å²) in [7, 11) is 1.58. The molecule has 3 aromatic rings. The number of hydrogen-bond donors (Lipinski definition) is 1. The van der Waals surface area contributed by atoms with E-state index in [1.165, 1.54) is 4.90 Å². The van der Waals surface area contributed by atoms with Gasteiger partial charge in [-0.2, -0.15) is 0 Å². The summed E-state index contributed by atoms with van der Waals surface area (Å²) in [6, 6.07) is 9.91. The Hall–Kier alpha value is -2.69. The van der Waals surface area contributed by atoms with E-state index in [0.717, 1.165) is 29.1 Å². The number of fused-ring (bicyclic) bond motifs is 1. The van der Waals surface area contributed by atoms with E-state index in [1.54, 1.807) is 32.3 Å². The first-order chi connectivity index (χ1) is 11.0. The third-order valence-corrected chi connectivity index (χ3v) is 4.11. The topological polar surface area (TPSA) is 36.1 Å². The Labute approximate surface area is 132 Å².